The molecule has 0 N–H and O–H groups in total. The van der Waals surface area contributed by atoms with Crippen molar-refractivity contribution in [3.8, 4) is 22.3 Å². The van der Waals surface area contributed by atoms with Crippen LogP contribution in [0.5, 0.6) is 0 Å². The van der Waals surface area contributed by atoms with Crippen molar-refractivity contribution >= 4 is 61.4 Å². The summed E-state index contributed by atoms with van der Waals surface area (Å²) in [6.45, 7) is 0. The van der Waals surface area contributed by atoms with Gasteiger partial charge in [0.15, 0.2) is 0 Å². The summed E-state index contributed by atoms with van der Waals surface area (Å²) >= 11 is 6.74. The van der Waals surface area contributed by atoms with Gasteiger partial charge in [-0.3, -0.25) is 10.1 Å². The molecule has 0 spiro atoms. The summed E-state index contributed by atoms with van der Waals surface area (Å²) in [5, 5.41) is 15.1. The number of hydrogen-bond acceptors (Lipinski definition) is 2. The Balaban J connectivity index is 0.000000129. The minimum absolute atomic E-state index is 0.112. The SMILES string of the molecule is Brc1ccc2c(c1)Cc1ccccc1-2.O=[N+]([O-])c1cc(Br)ccc1-c1ccccc1.c1ccc(P(c2ccccc2)c2ccccc2)cc1. The molecule has 1 aliphatic carbocycles. The largest absolute Gasteiger partial charge is 0.278 e. The quantitative estimate of drug-likeness (QED) is 0.0991. The van der Waals surface area contributed by atoms with Gasteiger partial charge in [0.1, 0.15) is 0 Å². The van der Waals surface area contributed by atoms with Crippen LogP contribution in [0.25, 0.3) is 22.3 Å². The third-order valence-corrected chi connectivity index (χ3v) is 11.5. The molecule has 240 valence electrons. The molecule has 1 aliphatic rings. The first-order valence-electron chi connectivity index (χ1n) is 15.8. The van der Waals surface area contributed by atoms with Crippen LogP contribution >= 0.6 is 39.8 Å². The molecule has 0 aromatic heterocycles. The van der Waals surface area contributed by atoms with Crippen LogP contribution in [0.1, 0.15) is 11.1 Å². The molecule has 0 saturated carbocycles. The fourth-order valence-corrected chi connectivity index (χ4v) is 8.87. The van der Waals surface area contributed by atoms with Crippen LogP contribution in [-0.2, 0) is 6.42 Å². The van der Waals surface area contributed by atoms with Gasteiger partial charge in [0.2, 0.25) is 0 Å². The molecule has 0 radical (unpaired) electrons. The third kappa shape index (κ3) is 8.68. The molecular weight excluding hydrogens is 753 g/mol. The maximum atomic E-state index is 10.9. The van der Waals surface area contributed by atoms with Crippen LogP contribution in [0.3, 0.4) is 0 Å². The molecule has 7 aromatic carbocycles. The summed E-state index contributed by atoms with van der Waals surface area (Å²) in [4.78, 5) is 10.6. The van der Waals surface area contributed by atoms with E-state index in [9.17, 15) is 10.1 Å². The molecule has 0 saturated heterocycles. The van der Waals surface area contributed by atoms with E-state index in [1.165, 1.54) is 48.7 Å². The van der Waals surface area contributed by atoms with Gasteiger partial charge in [-0.05, 0) is 82.3 Å². The molecule has 0 fully saturated rings. The molecule has 0 atom stereocenters. The average molecular weight is 786 g/mol. The van der Waals surface area contributed by atoms with Gasteiger partial charge < -0.3 is 0 Å². The van der Waals surface area contributed by atoms with Crippen molar-refractivity contribution in [3.63, 3.8) is 0 Å². The van der Waals surface area contributed by atoms with Gasteiger partial charge in [-0.15, -0.1) is 0 Å². The van der Waals surface area contributed by atoms with E-state index in [2.05, 4.69) is 165 Å². The zero-order valence-corrected chi connectivity index (χ0v) is 30.6. The minimum atomic E-state index is -0.446. The van der Waals surface area contributed by atoms with Crippen molar-refractivity contribution in [2.24, 2.45) is 0 Å². The lowest BCUT2D eigenvalue weighted by molar-refractivity contribution is -0.384. The average Bonchev–Trinajstić information content (AvgIpc) is 3.51. The second-order valence-corrected chi connectivity index (χ2v) is 15.3. The van der Waals surface area contributed by atoms with Crippen LogP contribution in [0.2, 0.25) is 0 Å². The Bertz CT molecular complexity index is 2050. The smallest absolute Gasteiger partial charge is 0.258 e. The summed E-state index contributed by atoms with van der Waals surface area (Å²) in [5.41, 5.74) is 7.26. The predicted molar refractivity (Wildman–Crippen MR) is 214 cm³/mol. The molecule has 8 rings (SSSR count). The molecule has 0 amide bonds. The first kappa shape index (κ1) is 34.2. The number of hydrogen-bond donors (Lipinski definition) is 0. The van der Waals surface area contributed by atoms with Crippen LogP contribution in [0, 0.1) is 10.1 Å². The third-order valence-electron chi connectivity index (χ3n) is 8.04. The van der Waals surface area contributed by atoms with E-state index in [0.717, 1.165) is 12.0 Å². The monoisotopic (exact) mass is 783 g/mol. The first-order chi connectivity index (χ1) is 24.0. The summed E-state index contributed by atoms with van der Waals surface area (Å²) in [6.07, 6.45) is 1.07. The summed E-state index contributed by atoms with van der Waals surface area (Å²) < 4.78 is 1.88. The summed E-state index contributed by atoms with van der Waals surface area (Å²) in [5.74, 6) is 0. The Hall–Kier alpha value is -4.67. The van der Waals surface area contributed by atoms with E-state index in [1.807, 2.05) is 30.3 Å². The fourth-order valence-electron chi connectivity index (χ4n) is 5.81. The topological polar surface area (TPSA) is 43.1 Å². The highest BCUT2D eigenvalue weighted by molar-refractivity contribution is 9.10. The Morgan fingerprint density at radius 1 is 0.469 bits per heavy atom. The van der Waals surface area contributed by atoms with Gasteiger partial charge in [-0.25, -0.2) is 0 Å². The molecule has 49 heavy (non-hydrogen) atoms. The normalized spacial score (nSPS) is 10.9. The van der Waals surface area contributed by atoms with Gasteiger partial charge in [0.25, 0.3) is 5.69 Å². The second kappa shape index (κ2) is 16.6. The maximum absolute atomic E-state index is 10.9. The number of nitrogens with zero attached hydrogens (tertiary/aromatic N) is 1. The van der Waals surface area contributed by atoms with E-state index < -0.39 is 7.92 Å². The lowest BCUT2D eigenvalue weighted by Gasteiger charge is -2.18. The summed E-state index contributed by atoms with van der Waals surface area (Å²) in [6, 6.07) is 61.9. The van der Waals surface area contributed by atoms with E-state index >= 15 is 0 Å². The van der Waals surface area contributed by atoms with E-state index in [1.54, 1.807) is 12.1 Å². The van der Waals surface area contributed by atoms with Gasteiger partial charge >= 0.3 is 0 Å². The van der Waals surface area contributed by atoms with Crippen LogP contribution in [0.4, 0.5) is 5.69 Å². The van der Waals surface area contributed by atoms with Crippen molar-refractivity contribution in [1.29, 1.82) is 0 Å². The lowest BCUT2D eigenvalue weighted by atomic mass is 10.0. The van der Waals surface area contributed by atoms with Crippen molar-refractivity contribution in [2.45, 2.75) is 6.42 Å². The number of halogens is 2. The first-order valence-corrected chi connectivity index (χ1v) is 18.7. The maximum Gasteiger partial charge on any atom is 0.278 e. The van der Waals surface area contributed by atoms with Crippen molar-refractivity contribution in [3.05, 3.63) is 212 Å². The molecular formula is C43H32Br2NO2P. The highest BCUT2D eigenvalue weighted by Gasteiger charge is 2.18. The van der Waals surface area contributed by atoms with E-state index in [0.29, 0.717) is 10.0 Å². The Morgan fingerprint density at radius 2 is 0.898 bits per heavy atom. The molecule has 0 bridgehead atoms. The summed E-state index contributed by atoms with van der Waals surface area (Å²) in [7, 11) is -0.446. The van der Waals surface area contributed by atoms with Gasteiger partial charge in [-0.1, -0.05) is 184 Å². The standard InChI is InChI=1S/C18H15P.C13H9Br.C12H8BrNO2/c1-4-10-16(11-5-1)19(17-12-6-2-7-13-17)18-14-8-3-9-15-18;14-11-5-6-13-10(8-11)7-9-3-1-2-4-12(9)13;13-10-6-7-11(12(8-10)14(15)16)9-4-2-1-3-5-9/h1-15H;1-6,8H,7H2;1-8H. The van der Waals surface area contributed by atoms with Crippen molar-refractivity contribution < 1.29 is 4.92 Å². The Labute approximate surface area is 305 Å². The number of rotatable bonds is 5. The zero-order chi connectivity index (χ0) is 34.0. The Morgan fingerprint density at radius 3 is 1.43 bits per heavy atom. The zero-order valence-electron chi connectivity index (χ0n) is 26.5. The lowest BCUT2D eigenvalue weighted by Crippen LogP contribution is -2.20. The minimum Gasteiger partial charge on any atom is -0.258 e. The predicted octanol–water partition coefficient (Wildman–Crippen LogP) is 11.5. The van der Waals surface area contributed by atoms with Gasteiger partial charge in [0.05, 0.1) is 10.5 Å². The Kier molecular flexibility index (Phi) is 11.6. The highest BCUT2D eigenvalue weighted by Crippen LogP contribution is 2.37. The molecule has 7 aromatic rings. The molecule has 0 aliphatic heterocycles. The van der Waals surface area contributed by atoms with Crippen LogP contribution < -0.4 is 15.9 Å². The van der Waals surface area contributed by atoms with Crippen LogP contribution in [0.15, 0.2) is 191 Å². The molecule has 0 heterocycles. The molecule has 3 nitrogen and oxygen atoms in total. The number of benzene rings is 7. The van der Waals surface area contributed by atoms with Gasteiger partial charge in [-0.2, -0.15) is 0 Å². The number of nitro benzene ring substituents is 1. The van der Waals surface area contributed by atoms with Crippen LogP contribution in [-0.4, -0.2) is 4.92 Å². The number of fused-ring (bicyclic) bond motifs is 3. The highest BCUT2D eigenvalue weighted by atomic mass is 79.9. The molecule has 6 heteroatoms. The van der Waals surface area contributed by atoms with E-state index in [4.69, 9.17) is 0 Å². The fraction of sp³-hybridized carbons (Fsp3) is 0.0233. The molecule has 0 unspecified atom stereocenters. The van der Waals surface area contributed by atoms with Crippen molar-refractivity contribution in [2.75, 3.05) is 0 Å². The number of nitro groups is 1. The van der Waals surface area contributed by atoms with Crippen molar-refractivity contribution in [1.82, 2.24) is 0 Å². The second-order valence-electron chi connectivity index (χ2n) is 11.3. The van der Waals surface area contributed by atoms with Gasteiger partial charge in [0, 0.05) is 15.0 Å². The van der Waals surface area contributed by atoms with E-state index in [-0.39, 0.29) is 10.6 Å².